The Labute approximate surface area is 237 Å². The zero-order valence-electron chi connectivity index (χ0n) is 21.9. The highest BCUT2D eigenvalue weighted by atomic mass is 35.5. The number of imidazole rings is 1. The van der Waals surface area contributed by atoms with Crippen LogP contribution in [0.2, 0.25) is 5.02 Å². The summed E-state index contributed by atoms with van der Waals surface area (Å²) in [5, 5.41) is 10.0. The van der Waals surface area contributed by atoms with Crippen LogP contribution in [0.1, 0.15) is 40.8 Å². The van der Waals surface area contributed by atoms with Crippen molar-refractivity contribution in [2.24, 2.45) is 0 Å². The second-order valence-electron chi connectivity index (χ2n) is 9.50. The van der Waals surface area contributed by atoms with Crippen LogP contribution in [0.5, 0.6) is 5.75 Å². The molecule has 2 aromatic carbocycles. The fourth-order valence-electron chi connectivity index (χ4n) is 4.48. The largest absolute Gasteiger partial charge is 0.492 e. The molecule has 3 aromatic heterocycles. The summed E-state index contributed by atoms with van der Waals surface area (Å²) in [4.78, 5) is 21.0. The third kappa shape index (κ3) is 6.85. The van der Waals surface area contributed by atoms with Gasteiger partial charge in [-0.15, -0.1) is 0 Å². The predicted octanol–water partition coefficient (Wildman–Crippen LogP) is 5.99. The minimum atomic E-state index is -0.194. The molecule has 0 fully saturated rings. The van der Waals surface area contributed by atoms with Gasteiger partial charge in [-0.05, 0) is 60.2 Å². The summed E-state index contributed by atoms with van der Waals surface area (Å²) in [7, 11) is 0. The highest BCUT2D eigenvalue weighted by Gasteiger charge is 2.10. The first-order valence-electron chi connectivity index (χ1n) is 13.1. The molecule has 7 nitrogen and oxygen atoms in total. The Bertz CT molecular complexity index is 1670. The first kappa shape index (κ1) is 26.9. The Kier molecular flexibility index (Phi) is 8.69. The molecule has 0 unspecified atom stereocenters. The maximum Gasteiger partial charge on any atom is 0.256 e. The van der Waals surface area contributed by atoms with Gasteiger partial charge in [-0.2, -0.15) is 5.26 Å². The van der Waals surface area contributed by atoms with Gasteiger partial charge in [-0.25, -0.2) is 9.97 Å². The fourth-order valence-corrected chi connectivity index (χ4v) is 4.64. The van der Waals surface area contributed by atoms with Crippen molar-refractivity contribution >= 4 is 11.6 Å². The molecule has 0 saturated carbocycles. The SMILES string of the molecule is N#Cc1ccc(Cn2cncc2Cc2ccc(-n3cc(Cl)ccc3=O)nc2)cc1OCCCCc1ccccc1. The Morgan fingerprint density at radius 1 is 0.925 bits per heavy atom. The number of aromatic nitrogens is 4. The van der Waals surface area contributed by atoms with E-state index in [1.807, 2.05) is 36.5 Å². The molecule has 0 amide bonds. The minimum Gasteiger partial charge on any atom is -0.492 e. The van der Waals surface area contributed by atoms with Crippen LogP contribution in [0.25, 0.3) is 5.82 Å². The van der Waals surface area contributed by atoms with E-state index >= 15 is 0 Å². The number of rotatable bonds is 11. The lowest BCUT2D eigenvalue weighted by molar-refractivity contribution is 0.306. The lowest BCUT2D eigenvalue weighted by Gasteiger charge is -2.12. The topological polar surface area (TPSA) is 85.7 Å². The van der Waals surface area contributed by atoms with E-state index in [0.717, 1.165) is 36.1 Å². The molecule has 0 bridgehead atoms. The Balaban J connectivity index is 1.21. The second kappa shape index (κ2) is 12.9. The van der Waals surface area contributed by atoms with E-state index in [-0.39, 0.29) is 5.56 Å². The van der Waals surface area contributed by atoms with E-state index in [1.54, 1.807) is 30.9 Å². The number of nitriles is 1. The molecule has 0 radical (unpaired) electrons. The molecule has 0 spiro atoms. The van der Waals surface area contributed by atoms with Crippen LogP contribution in [0.4, 0.5) is 0 Å². The monoisotopic (exact) mass is 549 g/mol. The third-order valence-electron chi connectivity index (χ3n) is 6.59. The zero-order chi connectivity index (χ0) is 27.7. The van der Waals surface area contributed by atoms with Gasteiger partial charge in [-0.3, -0.25) is 9.36 Å². The molecule has 0 aliphatic carbocycles. The highest BCUT2D eigenvalue weighted by Crippen LogP contribution is 2.22. The molecule has 0 N–H and O–H groups in total. The zero-order valence-corrected chi connectivity index (χ0v) is 22.7. The summed E-state index contributed by atoms with van der Waals surface area (Å²) in [5.74, 6) is 1.12. The van der Waals surface area contributed by atoms with Crippen LogP contribution in [-0.4, -0.2) is 25.7 Å². The van der Waals surface area contributed by atoms with E-state index in [1.165, 1.54) is 16.2 Å². The summed E-state index contributed by atoms with van der Waals surface area (Å²) in [6, 6.07) is 25.1. The van der Waals surface area contributed by atoms with Crippen LogP contribution in [0, 0.1) is 11.3 Å². The normalized spacial score (nSPS) is 10.8. The van der Waals surface area contributed by atoms with Gasteiger partial charge in [0.25, 0.3) is 5.56 Å². The maximum atomic E-state index is 12.2. The summed E-state index contributed by atoms with van der Waals surface area (Å²) >= 11 is 6.04. The van der Waals surface area contributed by atoms with Crippen molar-refractivity contribution in [2.45, 2.75) is 32.2 Å². The van der Waals surface area contributed by atoms with Crippen LogP contribution >= 0.6 is 11.6 Å². The molecular formula is C32H28ClN5O2. The van der Waals surface area contributed by atoms with Crippen LogP contribution in [0.3, 0.4) is 0 Å². The van der Waals surface area contributed by atoms with E-state index in [9.17, 15) is 10.1 Å². The van der Waals surface area contributed by atoms with Gasteiger partial charge in [-0.1, -0.05) is 54.1 Å². The number of hydrogen-bond acceptors (Lipinski definition) is 5. The second-order valence-corrected chi connectivity index (χ2v) is 9.94. The summed E-state index contributed by atoms with van der Waals surface area (Å²) in [5.41, 5.74) is 4.68. The van der Waals surface area contributed by atoms with Gasteiger partial charge in [0.1, 0.15) is 17.6 Å². The van der Waals surface area contributed by atoms with Gasteiger partial charge in [0.05, 0.1) is 23.5 Å². The van der Waals surface area contributed by atoms with E-state index in [2.05, 4.69) is 44.9 Å². The summed E-state index contributed by atoms with van der Waals surface area (Å²) in [6.07, 6.45) is 10.5. The van der Waals surface area contributed by atoms with Crippen LogP contribution in [-0.2, 0) is 19.4 Å². The molecule has 0 aliphatic heterocycles. The number of nitrogens with zero attached hydrogens (tertiary/aromatic N) is 5. The third-order valence-corrected chi connectivity index (χ3v) is 6.82. The number of aryl methyl sites for hydroxylation is 1. The minimum absolute atomic E-state index is 0.194. The molecule has 8 heteroatoms. The molecule has 5 rings (SSSR count). The molecule has 40 heavy (non-hydrogen) atoms. The summed E-state index contributed by atoms with van der Waals surface area (Å²) in [6.45, 7) is 1.15. The molecule has 200 valence electrons. The number of halogens is 1. The standard InChI is InChI=1S/C32H28ClN5O2/c33-28-12-14-32(39)38(22-28)31-13-10-25(19-36-31)16-29-20-35-23-37(29)21-26-9-11-27(18-34)30(17-26)40-15-5-4-8-24-6-2-1-3-7-24/h1-3,6-7,9-14,17,19-20,22-23H,4-5,8,15-16,21H2. The lowest BCUT2D eigenvalue weighted by Crippen LogP contribution is -2.17. The van der Waals surface area contributed by atoms with Crippen molar-refractivity contribution in [3.63, 3.8) is 0 Å². The van der Waals surface area contributed by atoms with Crippen LogP contribution < -0.4 is 10.3 Å². The van der Waals surface area contributed by atoms with E-state index < -0.39 is 0 Å². The molecular weight excluding hydrogens is 522 g/mol. The molecule has 3 heterocycles. The van der Waals surface area contributed by atoms with Gasteiger partial charge in [0, 0.05) is 43.3 Å². The van der Waals surface area contributed by atoms with Crippen molar-refractivity contribution in [3.05, 3.63) is 141 Å². The molecule has 0 saturated heterocycles. The quantitative estimate of drug-likeness (QED) is 0.189. The van der Waals surface area contributed by atoms with Crippen molar-refractivity contribution in [1.29, 1.82) is 5.26 Å². The van der Waals surface area contributed by atoms with Crippen molar-refractivity contribution in [3.8, 4) is 17.6 Å². The van der Waals surface area contributed by atoms with Gasteiger partial charge in [0.15, 0.2) is 0 Å². The highest BCUT2D eigenvalue weighted by molar-refractivity contribution is 6.30. The maximum absolute atomic E-state index is 12.2. The first-order chi connectivity index (χ1) is 19.6. The number of hydrogen-bond donors (Lipinski definition) is 0. The average molecular weight is 550 g/mol. The molecule has 0 atom stereocenters. The van der Waals surface area contributed by atoms with E-state index in [0.29, 0.717) is 41.7 Å². The number of ether oxygens (including phenoxy) is 1. The lowest BCUT2D eigenvalue weighted by atomic mass is 10.1. The predicted molar refractivity (Wildman–Crippen MR) is 155 cm³/mol. The Morgan fingerprint density at radius 2 is 1.77 bits per heavy atom. The van der Waals surface area contributed by atoms with Gasteiger partial charge in [0.2, 0.25) is 0 Å². The van der Waals surface area contributed by atoms with Crippen molar-refractivity contribution < 1.29 is 4.74 Å². The first-order valence-corrected chi connectivity index (χ1v) is 13.5. The molecule has 5 aromatic rings. The number of benzene rings is 2. The number of unbranched alkanes of at least 4 members (excludes halogenated alkanes) is 1. The van der Waals surface area contributed by atoms with Crippen molar-refractivity contribution in [1.82, 2.24) is 19.1 Å². The Morgan fingerprint density at radius 3 is 2.58 bits per heavy atom. The van der Waals surface area contributed by atoms with Crippen molar-refractivity contribution in [2.75, 3.05) is 6.61 Å². The van der Waals surface area contributed by atoms with Gasteiger partial charge >= 0.3 is 0 Å². The molecule has 0 aliphatic rings. The van der Waals surface area contributed by atoms with Gasteiger partial charge < -0.3 is 9.30 Å². The van der Waals surface area contributed by atoms with E-state index in [4.69, 9.17) is 16.3 Å². The van der Waals surface area contributed by atoms with Crippen LogP contribution in [0.15, 0.2) is 103 Å². The smallest absolute Gasteiger partial charge is 0.256 e. The Hall–Kier alpha value is -4.67. The number of pyridine rings is 2. The summed E-state index contributed by atoms with van der Waals surface area (Å²) < 4.78 is 9.52. The fraction of sp³-hybridized carbons (Fsp3) is 0.188. The average Bonchev–Trinajstić information content (AvgIpc) is 3.41.